The van der Waals surface area contributed by atoms with E-state index < -0.39 is 64.1 Å². The van der Waals surface area contributed by atoms with Gasteiger partial charge in [0.1, 0.15) is 30.1 Å². The van der Waals surface area contributed by atoms with E-state index in [0.29, 0.717) is 19.6 Å². The number of nitrogens with one attached hydrogen (secondary N) is 1. The van der Waals surface area contributed by atoms with Crippen molar-refractivity contribution in [3.8, 4) is 0 Å². The van der Waals surface area contributed by atoms with Gasteiger partial charge in [0.15, 0.2) is 10.8 Å². The highest BCUT2D eigenvalue weighted by Gasteiger charge is 2.56. The Morgan fingerprint density at radius 2 is 2.00 bits per heavy atom. The molecule has 20 nitrogen and oxygen atoms in total. The van der Waals surface area contributed by atoms with E-state index in [9.17, 15) is 37.3 Å². The number of carboxylic acid groups (broad SMARTS) is 1. The second-order valence-electron chi connectivity index (χ2n) is 9.98. The molecule has 0 bridgehead atoms. The molecular weight excluding hydrogens is 616 g/mol. The number of thiazole rings is 1. The Morgan fingerprint density at radius 3 is 2.58 bits per heavy atom. The van der Waals surface area contributed by atoms with Crippen LogP contribution in [0.15, 0.2) is 16.7 Å². The fourth-order valence-electron chi connectivity index (χ4n) is 4.29. The van der Waals surface area contributed by atoms with Gasteiger partial charge in [-0.15, -0.1) is 11.3 Å². The van der Waals surface area contributed by atoms with Gasteiger partial charge in [-0.2, -0.15) is 23.4 Å². The first-order valence-electron chi connectivity index (χ1n) is 12.6. The molecule has 1 saturated carbocycles. The monoisotopic (exact) mass is 642 g/mol. The van der Waals surface area contributed by atoms with Crippen molar-refractivity contribution < 1.29 is 46.8 Å². The molecule has 0 radical (unpaired) electrons. The zero-order valence-electron chi connectivity index (χ0n) is 22.1. The number of ether oxygens (including phenoxy) is 1. The fourth-order valence-corrected chi connectivity index (χ4v) is 5.71. The lowest BCUT2D eigenvalue weighted by Crippen LogP contribution is -2.73. The molecule has 43 heavy (non-hydrogen) atoms. The highest BCUT2D eigenvalue weighted by Crippen LogP contribution is 2.40. The SMILES string of the molecule is NCC1CN(C(=O)OCc2cnn(CC3C(NC(=O)C(=NOC4(C(=O)O)CC4)c4csc(N)n4)C(=O)N3S(=O)(=O)O)n2)C1. The van der Waals surface area contributed by atoms with Crippen LogP contribution in [-0.4, -0.2) is 114 Å². The van der Waals surface area contributed by atoms with E-state index in [2.05, 4.69) is 25.7 Å². The number of anilines is 1. The van der Waals surface area contributed by atoms with E-state index in [1.165, 1.54) is 16.5 Å². The average Bonchev–Trinajstić information content (AvgIpc) is 3.38. The number of carbonyl (C=O) groups is 4. The largest absolute Gasteiger partial charge is 0.478 e. The van der Waals surface area contributed by atoms with E-state index in [-0.39, 0.29) is 46.2 Å². The predicted molar refractivity (Wildman–Crippen MR) is 142 cm³/mol. The van der Waals surface area contributed by atoms with Crippen LogP contribution in [-0.2, 0) is 47.4 Å². The van der Waals surface area contributed by atoms with E-state index >= 15 is 0 Å². The maximum atomic E-state index is 13.2. The van der Waals surface area contributed by atoms with Crippen LogP contribution in [0.25, 0.3) is 0 Å². The molecule has 2 unspecified atom stereocenters. The van der Waals surface area contributed by atoms with Gasteiger partial charge in [-0.25, -0.2) is 18.9 Å². The van der Waals surface area contributed by atoms with Crippen LogP contribution < -0.4 is 16.8 Å². The number of nitrogens with two attached hydrogens (primary N) is 2. The molecular formula is C21H26N10O10S2. The number of aliphatic carboxylic acids is 1. The Morgan fingerprint density at radius 1 is 1.28 bits per heavy atom. The molecule has 0 spiro atoms. The van der Waals surface area contributed by atoms with Gasteiger partial charge in [0.2, 0.25) is 5.60 Å². The summed E-state index contributed by atoms with van der Waals surface area (Å²) >= 11 is 0.953. The Hall–Kier alpha value is -4.41. The van der Waals surface area contributed by atoms with E-state index in [1.54, 1.807) is 0 Å². The molecule has 5 rings (SSSR count). The second kappa shape index (κ2) is 11.3. The van der Waals surface area contributed by atoms with Gasteiger partial charge in [0.05, 0.1) is 12.7 Å². The summed E-state index contributed by atoms with van der Waals surface area (Å²) in [5.74, 6) is -3.30. The van der Waals surface area contributed by atoms with Crippen molar-refractivity contribution in [2.24, 2.45) is 16.8 Å². The molecule has 0 aromatic carbocycles. The molecule has 2 aliphatic heterocycles. The van der Waals surface area contributed by atoms with Crippen LogP contribution in [0.3, 0.4) is 0 Å². The van der Waals surface area contributed by atoms with Crippen molar-refractivity contribution in [3.63, 3.8) is 0 Å². The average molecular weight is 643 g/mol. The number of rotatable bonds is 12. The molecule has 3 fully saturated rings. The minimum atomic E-state index is -5.05. The number of hydrogen-bond donors (Lipinski definition) is 5. The van der Waals surface area contributed by atoms with E-state index in [1.807, 2.05) is 0 Å². The fraction of sp³-hybridized carbons (Fsp3) is 0.524. The minimum absolute atomic E-state index is 0.0564. The molecule has 1 aliphatic carbocycles. The summed E-state index contributed by atoms with van der Waals surface area (Å²) in [4.78, 5) is 61.1. The number of carbonyl (C=O) groups excluding carboxylic acids is 3. The molecule has 2 aromatic heterocycles. The number of likely N-dealkylation sites (tertiary alicyclic amines) is 1. The van der Waals surface area contributed by atoms with Crippen LogP contribution in [0.2, 0.25) is 0 Å². The maximum Gasteiger partial charge on any atom is 0.410 e. The molecule has 4 heterocycles. The Balaban J connectivity index is 1.28. The first-order chi connectivity index (χ1) is 20.3. The summed E-state index contributed by atoms with van der Waals surface area (Å²) in [7, 11) is -5.05. The number of oxime groups is 1. The number of nitrogens with zero attached hydrogens (tertiary/aromatic N) is 7. The van der Waals surface area contributed by atoms with Gasteiger partial charge in [0, 0.05) is 37.2 Å². The highest BCUT2D eigenvalue weighted by atomic mass is 32.2. The van der Waals surface area contributed by atoms with Crippen LogP contribution in [0.1, 0.15) is 24.2 Å². The van der Waals surface area contributed by atoms with Crippen molar-refractivity contribution in [2.75, 3.05) is 25.4 Å². The predicted octanol–water partition coefficient (Wildman–Crippen LogP) is -2.62. The minimum Gasteiger partial charge on any atom is -0.478 e. The van der Waals surface area contributed by atoms with Crippen LogP contribution in [0, 0.1) is 5.92 Å². The molecule has 3 amide bonds. The molecule has 7 N–H and O–H groups in total. The number of hydrogen-bond acceptors (Lipinski definition) is 15. The van der Waals surface area contributed by atoms with Crippen LogP contribution in [0.4, 0.5) is 9.93 Å². The lowest BCUT2D eigenvalue weighted by Gasteiger charge is -2.43. The summed E-state index contributed by atoms with van der Waals surface area (Å²) in [5.41, 5.74) is 9.19. The summed E-state index contributed by atoms with van der Waals surface area (Å²) in [5, 5.41) is 24.8. The van der Waals surface area contributed by atoms with Crippen molar-refractivity contribution >= 4 is 56.4 Å². The van der Waals surface area contributed by atoms with Gasteiger partial charge < -0.3 is 36.4 Å². The summed E-state index contributed by atoms with van der Waals surface area (Å²) in [6.45, 7) is 0.749. The van der Waals surface area contributed by atoms with E-state index in [0.717, 1.165) is 16.1 Å². The van der Waals surface area contributed by atoms with E-state index in [4.69, 9.17) is 21.0 Å². The van der Waals surface area contributed by atoms with Crippen molar-refractivity contribution in [1.29, 1.82) is 0 Å². The third kappa shape index (κ3) is 6.21. The third-order valence-corrected chi connectivity index (χ3v) is 8.54. The van der Waals surface area contributed by atoms with Gasteiger partial charge in [-0.1, -0.05) is 5.16 Å². The smallest absolute Gasteiger partial charge is 0.410 e. The summed E-state index contributed by atoms with van der Waals surface area (Å²) in [6, 6.07) is -2.90. The lowest BCUT2D eigenvalue weighted by atomic mass is 9.98. The van der Waals surface area contributed by atoms with Gasteiger partial charge in [0.25, 0.3) is 11.8 Å². The zero-order chi connectivity index (χ0) is 31.1. The number of amides is 3. The Kier molecular flexibility index (Phi) is 7.93. The summed E-state index contributed by atoms with van der Waals surface area (Å²) < 4.78 is 38.8. The normalized spacial score (nSPS) is 21.5. The Bertz CT molecular complexity index is 1580. The van der Waals surface area contributed by atoms with Crippen molar-refractivity contribution in [2.45, 2.75) is 43.7 Å². The number of aromatic nitrogens is 4. The highest BCUT2D eigenvalue weighted by molar-refractivity contribution is 7.84. The molecule has 3 aliphatic rings. The quantitative estimate of drug-likeness (QED) is 0.0685. The van der Waals surface area contributed by atoms with Crippen molar-refractivity contribution in [1.82, 2.24) is 34.5 Å². The molecule has 2 saturated heterocycles. The standard InChI is InChI=1S/C21H26N10O10S2/c22-3-10-5-29(6-10)20(36)40-8-11-4-24-30(27-11)7-13-15(17(33)31(13)43(37,38)39)26-16(32)14(12-9-42-19(23)25-12)28-41-21(1-2-21)18(34)35/h4,9-10,13,15H,1-3,5-8,22H2,(H2,23,25)(H,26,32)(H,34,35)(H,37,38,39). The molecule has 232 valence electrons. The van der Waals surface area contributed by atoms with Gasteiger partial charge in [-0.05, 0) is 6.54 Å². The molecule has 22 heteroatoms. The number of nitrogen functional groups attached to an aromatic ring is 1. The van der Waals surface area contributed by atoms with Crippen LogP contribution >= 0.6 is 11.3 Å². The maximum absolute atomic E-state index is 13.2. The van der Waals surface area contributed by atoms with Gasteiger partial charge in [-0.3, -0.25) is 14.1 Å². The first-order valence-corrected chi connectivity index (χ1v) is 14.9. The second-order valence-corrected chi connectivity index (χ2v) is 12.2. The van der Waals surface area contributed by atoms with Crippen LogP contribution in [0.5, 0.6) is 0 Å². The molecule has 2 aromatic rings. The molecule has 2 atom stereocenters. The topological polar surface area (TPSA) is 288 Å². The van der Waals surface area contributed by atoms with Crippen molar-refractivity contribution in [3.05, 3.63) is 23.0 Å². The van der Waals surface area contributed by atoms with Gasteiger partial charge >= 0.3 is 22.4 Å². The lowest BCUT2D eigenvalue weighted by molar-refractivity contribution is -0.153. The third-order valence-electron chi connectivity index (χ3n) is 6.92. The zero-order valence-corrected chi connectivity index (χ0v) is 23.7. The first kappa shape index (κ1) is 30.1. The summed E-state index contributed by atoms with van der Waals surface area (Å²) in [6.07, 6.45) is 0.987. The number of carboxylic acids is 1. The Labute approximate surface area is 246 Å². The number of β-lactam (4-membered cyclic amide) rings is 1.